The lowest BCUT2D eigenvalue weighted by Gasteiger charge is -2.66. The molecule has 2 aliphatic carbocycles. The van der Waals surface area contributed by atoms with E-state index in [2.05, 4.69) is 0 Å². The summed E-state index contributed by atoms with van der Waals surface area (Å²) < 4.78 is 11.1. The summed E-state index contributed by atoms with van der Waals surface area (Å²) >= 11 is 0. The maximum absolute atomic E-state index is 12.8. The second-order valence-corrected chi connectivity index (χ2v) is 9.25. The molecule has 0 aromatic heterocycles. The van der Waals surface area contributed by atoms with Crippen LogP contribution in [0.15, 0.2) is 22.3 Å². The number of ether oxygens (including phenoxy) is 2. The van der Waals surface area contributed by atoms with Gasteiger partial charge in [-0.15, -0.1) is 0 Å². The molecule has 0 saturated heterocycles. The first-order valence-corrected chi connectivity index (χ1v) is 8.47. The summed E-state index contributed by atoms with van der Waals surface area (Å²) in [5.41, 5.74) is 1.06. The summed E-state index contributed by atoms with van der Waals surface area (Å²) in [4.78, 5) is 25.6. The molecule has 0 bridgehead atoms. The maximum atomic E-state index is 12.8. The van der Waals surface area contributed by atoms with Crippen LogP contribution in [0.1, 0.15) is 69.2 Å². The molecule has 2 unspecified atom stereocenters. The fourth-order valence-corrected chi connectivity index (χ4v) is 4.02. The zero-order valence-electron chi connectivity index (χ0n) is 16.6. The average molecular weight is 334 g/mol. The predicted molar refractivity (Wildman–Crippen MR) is 93.3 cm³/mol. The average Bonchev–Trinajstić information content (AvgIpc) is 2.36. The number of allylic oxidation sites excluding steroid dienone is 2. The van der Waals surface area contributed by atoms with Crippen molar-refractivity contribution in [2.45, 2.75) is 80.4 Å². The number of hydrogen-bond acceptors (Lipinski definition) is 4. The number of carbonyl (C=O) groups excluding carboxylic acids is 2. The highest BCUT2D eigenvalue weighted by Gasteiger charge is 2.72. The van der Waals surface area contributed by atoms with E-state index in [1.54, 1.807) is 0 Å². The Morgan fingerprint density at radius 2 is 0.958 bits per heavy atom. The van der Waals surface area contributed by atoms with Crippen LogP contribution in [-0.2, 0) is 19.1 Å². The number of esters is 2. The van der Waals surface area contributed by atoms with Crippen molar-refractivity contribution in [1.29, 1.82) is 0 Å². The van der Waals surface area contributed by atoms with Crippen LogP contribution in [0.5, 0.6) is 0 Å². The van der Waals surface area contributed by atoms with E-state index in [-0.39, 0.29) is 0 Å². The van der Waals surface area contributed by atoms with Crippen LogP contribution in [0.25, 0.3) is 0 Å². The molecule has 2 rings (SSSR count). The normalized spacial score (nSPS) is 29.6. The van der Waals surface area contributed by atoms with Crippen molar-refractivity contribution < 1.29 is 19.1 Å². The van der Waals surface area contributed by atoms with Gasteiger partial charge in [-0.25, -0.2) is 9.59 Å². The molecule has 0 spiro atoms. The summed E-state index contributed by atoms with van der Waals surface area (Å²) in [5, 5.41) is 0. The summed E-state index contributed by atoms with van der Waals surface area (Å²) in [6.45, 7) is 19.0. The molecule has 0 saturated carbocycles. The molecule has 0 N–H and O–H groups in total. The van der Waals surface area contributed by atoms with Gasteiger partial charge in [0.2, 0.25) is 0 Å². The second kappa shape index (κ2) is 4.96. The Balaban J connectivity index is 2.52. The van der Waals surface area contributed by atoms with Gasteiger partial charge in [-0.3, -0.25) is 0 Å². The molecule has 24 heavy (non-hydrogen) atoms. The van der Waals surface area contributed by atoms with Crippen molar-refractivity contribution in [3.63, 3.8) is 0 Å². The molecule has 134 valence electrons. The number of hydrogen-bond donors (Lipinski definition) is 0. The predicted octanol–water partition coefficient (Wildman–Crippen LogP) is 4.34. The van der Waals surface area contributed by atoms with Crippen molar-refractivity contribution in [2.75, 3.05) is 0 Å². The molecule has 0 heterocycles. The topological polar surface area (TPSA) is 52.6 Å². The first-order chi connectivity index (χ1) is 10.6. The van der Waals surface area contributed by atoms with Gasteiger partial charge < -0.3 is 9.47 Å². The van der Waals surface area contributed by atoms with Gasteiger partial charge in [0.05, 0.1) is 11.1 Å². The summed E-state index contributed by atoms with van der Waals surface area (Å²) in [6, 6.07) is 0. The molecule has 0 fully saturated rings. The Morgan fingerprint density at radius 1 is 0.708 bits per heavy atom. The van der Waals surface area contributed by atoms with E-state index in [1.165, 1.54) is 0 Å². The molecule has 4 nitrogen and oxygen atoms in total. The molecule has 4 heteroatoms. The number of fused-ring (bicyclic) bond motifs is 1. The highest BCUT2D eigenvalue weighted by atomic mass is 16.6. The molecule has 0 aromatic rings. The Kier molecular flexibility index (Phi) is 3.88. The van der Waals surface area contributed by atoms with E-state index >= 15 is 0 Å². The van der Waals surface area contributed by atoms with Gasteiger partial charge in [0.25, 0.3) is 0 Å². The van der Waals surface area contributed by atoms with Crippen LogP contribution in [0.2, 0.25) is 0 Å². The maximum Gasteiger partial charge on any atom is 0.336 e. The molecule has 0 amide bonds. The summed E-state index contributed by atoms with van der Waals surface area (Å²) in [6.07, 6.45) is 0. The third kappa shape index (κ3) is 2.34. The van der Waals surface area contributed by atoms with Crippen molar-refractivity contribution in [3.8, 4) is 0 Å². The molecule has 2 aliphatic rings. The van der Waals surface area contributed by atoms with Gasteiger partial charge in [-0.2, -0.15) is 0 Å². The summed E-state index contributed by atoms with van der Waals surface area (Å²) in [7, 11) is 0. The third-order valence-electron chi connectivity index (χ3n) is 5.52. The molecular weight excluding hydrogens is 304 g/mol. The van der Waals surface area contributed by atoms with Crippen molar-refractivity contribution in [2.24, 2.45) is 10.8 Å². The minimum Gasteiger partial charge on any atom is -0.457 e. The molecular formula is C20H30O4. The highest BCUT2D eigenvalue weighted by Crippen LogP contribution is 2.75. The Hall–Kier alpha value is -1.58. The monoisotopic (exact) mass is 334 g/mol. The number of rotatable bonds is 2. The fraction of sp³-hybridized carbons (Fsp3) is 0.700. The van der Waals surface area contributed by atoms with Crippen LogP contribution < -0.4 is 0 Å². The van der Waals surface area contributed by atoms with Gasteiger partial charge in [-0.1, -0.05) is 25.0 Å². The van der Waals surface area contributed by atoms with E-state index in [9.17, 15) is 9.59 Å². The Morgan fingerprint density at radius 3 is 1.17 bits per heavy atom. The molecule has 0 radical (unpaired) electrons. The van der Waals surface area contributed by atoms with Crippen molar-refractivity contribution in [3.05, 3.63) is 22.3 Å². The van der Waals surface area contributed by atoms with E-state index in [0.717, 1.165) is 11.1 Å². The van der Waals surface area contributed by atoms with Crippen LogP contribution in [-0.4, -0.2) is 23.1 Å². The Bertz CT molecular complexity index is 623. The fourth-order valence-electron chi connectivity index (χ4n) is 4.02. The van der Waals surface area contributed by atoms with E-state index in [4.69, 9.17) is 9.47 Å². The lowest BCUT2D eigenvalue weighted by Crippen LogP contribution is -2.63. The first kappa shape index (κ1) is 18.8. The SMILES string of the molecule is CC1=C(C)C2(C)C(C(=O)OC(C)(C)C)=C(C(=O)OC(C)(C)C)C12C. The van der Waals surface area contributed by atoms with E-state index in [1.807, 2.05) is 69.2 Å². The standard InChI is InChI=1S/C20H30O4/c1-11-12(2)20(10)14(16(22)24-18(6,7)8)13(19(11,20)9)15(21)23-17(3,4)5/h1-10H3. The molecule has 0 aliphatic heterocycles. The minimum absolute atomic E-state index is 0.421. The van der Waals surface area contributed by atoms with Crippen molar-refractivity contribution in [1.82, 2.24) is 0 Å². The quantitative estimate of drug-likeness (QED) is 0.557. The van der Waals surface area contributed by atoms with Gasteiger partial charge >= 0.3 is 11.9 Å². The highest BCUT2D eigenvalue weighted by molar-refractivity contribution is 6.09. The molecule has 0 aromatic carbocycles. The zero-order chi connectivity index (χ0) is 18.9. The number of carbonyl (C=O) groups is 2. The second-order valence-electron chi connectivity index (χ2n) is 9.25. The molecule has 2 atom stereocenters. The van der Waals surface area contributed by atoms with Crippen LogP contribution >= 0.6 is 0 Å². The van der Waals surface area contributed by atoms with Crippen LogP contribution in [0.4, 0.5) is 0 Å². The summed E-state index contributed by atoms with van der Waals surface area (Å²) in [5.74, 6) is -0.842. The van der Waals surface area contributed by atoms with Crippen LogP contribution in [0, 0.1) is 10.8 Å². The van der Waals surface area contributed by atoms with Gasteiger partial charge in [0.15, 0.2) is 0 Å². The van der Waals surface area contributed by atoms with Gasteiger partial charge in [0, 0.05) is 10.8 Å². The zero-order valence-corrected chi connectivity index (χ0v) is 16.6. The smallest absolute Gasteiger partial charge is 0.336 e. The lowest BCUT2D eigenvalue weighted by molar-refractivity contribution is -0.160. The first-order valence-electron chi connectivity index (χ1n) is 8.47. The van der Waals surface area contributed by atoms with Crippen molar-refractivity contribution >= 4 is 11.9 Å². The van der Waals surface area contributed by atoms with Gasteiger partial charge in [0.1, 0.15) is 11.2 Å². The van der Waals surface area contributed by atoms with E-state index < -0.39 is 34.0 Å². The Labute approximate surface area is 145 Å². The van der Waals surface area contributed by atoms with Gasteiger partial charge in [-0.05, 0) is 55.4 Å². The van der Waals surface area contributed by atoms with Crippen LogP contribution in [0.3, 0.4) is 0 Å². The van der Waals surface area contributed by atoms with E-state index in [0.29, 0.717) is 11.1 Å². The minimum atomic E-state index is -0.609. The lowest BCUT2D eigenvalue weighted by atomic mass is 9.35. The largest absolute Gasteiger partial charge is 0.457 e. The third-order valence-corrected chi connectivity index (χ3v) is 5.52.